The Kier molecular flexibility index (Phi) is 7.39. The molecule has 7 aromatic rings. The molecule has 2 unspecified atom stereocenters. The first-order valence-corrected chi connectivity index (χ1v) is 20.1. The minimum absolute atomic E-state index is 0.0623. The van der Waals surface area contributed by atoms with Crippen molar-refractivity contribution in [3.8, 4) is 39.1 Å². The Balaban J connectivity index is 1.04. The molecule has 5 nitrogen and oxygen atoms in total. The van der Waals surface area contributed by atoms with E-state index in [1.165, 1.54) is 61.0 Å². The highest BCUT2D eigenvalue weighted by atomic mass is 15.3. The van der Waals surface area contributed by atoms with Gasteiger partial charge in [0.2, 0.25) is 0 Å². The summed E-state index contributed by atoms with van der Waals surface area (Å²) in [5, 5.41) is 1.23. The van der Waals surface area contributed by atoms with Gasteiger partial charge >= 0.3 is 0 Å². The van der Waals surface area contributed by atoms with Crippen LogP contribution in [0.3, 0.4) is 0 Å². The van der Waals surface area contributed by atoms with Crippen LogP contribution < -0.4 is 16.4 Å². The number of aryl methyl sites for hydroxylation is 1. The Hall–Kier alpha value is -6.85. The second-order valence-corrected chi connectivity index (χ2v) is 15.7. The molecule has 0 bridgehead atoms. The van der Waals surface area contributed by atoms with Crippen LogP contribution in [0.15, 0.2) is 174 Å². The maximum Gasteiger partial charge on any atom is 0.112 e. The van der Waals surface area contributed by atoms with Crippen LogP contribution in [0.5, 0.6) is 0 Å². The van der Waals surface area contributed by atoms with Crippen molar-refractivity contribution in [1.29, 1.82) is 0 Å². The van der Waals surface area contributed by atoms with E-state index >= 15 is 0 Å². The lowest BCUT2D eigenvalue weighted by Gasteiger charge is -2.30. The molecule has 4 N–H and O–H groups in total. The number of aliphatic imine (C=N–C) groups is 1. The van der Waals surface area contributed by atoms with Crippen LogP contribution in [-0.2, 0) is 11.8 Å². The zero-order valence-corrected chi connectivity index (χ0v) is 32.2. The molecule has 2 atom stereocenters. The lowest BCUT2D eigenvalue weighted by atomic mass is 9.70. The van der Waals surface area contributed by atoms with Gasteiger partial charge in [-0.1, -0.05) is 141 Å². The standard InChI is InChI=1S/C52H43N5/c1-3-11-40-38-29-30-55-31-47(38)56(50(40)53)34-23-19-32(20-24-34)33-21-25-35(26-22-33)57-49-39(41(12-4-2)51(57)54)27-28-46-48(49)42-15-7-10-18-45(42)52(46)43-16-8-5-13-36(43)37-14-6-9-17-44(37)52/h3,5-11,13-31,38,47H,4,12,53-54H2,1-2H3/b11-3-. The van der Waals surface area contributed by atoms with Crippen molar-refractivity contribution in [3.05, 3.63) is 197 Å². The molecule has 6 aromatic carbocycles. The number of nitrogens with two attached hydrogens (primary N) is 2. The van der Waals surface area contributed by atoms with Crippen molar-refractivity contribution in [2.75, 3.05) is 10.6 Å². The number of hydrogen-bond donors (Lipinski definition) is 2. The van der Waals surface area contributed by atoms with Gasteiger partial charge in [-0.05, 0) is 87.7 Å². The summed E-state index contributed by atoms with van der Waals surface area (Å²) in [7, 11) is 0. The SMILES string of the molecule is C/C=C\C1=C(N)N(c2ccc(-c3ccc(-n4c(N)c(CCC)c5ccc6c(c54)-c4ccccc4C64c5ccccc5-c5ccccc54)cc3)cc2)C2C=NC=CC12. The van der Waals surface area contributed by atoms with E-state index < -0.39 is 5.41 Å². The lowest BCUT2D eigenvalue weighted by molar-refractivity contribution is 0.721. The summed E-state index contributed by atoms with van der Waals surface area (Å²) in [6.07, 6.45) is 12.1. The van der Waals surface area contributed by atoms with Crippen molar-refractivity contribution < 1.29 is 0 Å². The largest absolute Gasteiger partial charge is 0.385 e. The zero-order chi connectivity index (χ0) is 38.4. The molecule has 0 fully saturated rings. The molecule has 2 aliphatic carbocycles. The summed E-state index contributed by atoms with van der Waals surface area (Å²) in [4.78, 5) is 6.67. The van der Waals surface area contributed by atoms with E-state index in [1.807, 2.05) is 19.3 Å². The topological polar surface area (TPSA) is 72.6 Å². The van der Waals surface area contributed by atoms with Crippen LogP contribution in [0.1, 0.15) is 48.1 Å². The molecular weight excluding hydrogens is 695 g/mol. The van der Waals surface area contributed by atoms with Crippen LogP contribution in [0, 0.1) is 5.92 Å². The number of nitrogens with zero attached hydrogens (tertiary/aromatic N) is 3. The Morgan fingerprint density at radius 1 is 0.684 bits per heavy atom. The van der Waals surface area contributed by atoms with E-state index in [9.17, 15) is 0 Å². The van der Waals surface area contributed by atoms with E-state index in [4.69, 9.17) is 11.5 Å². The summed E-state index contributed by atoms with van der Waals surface area (Å²) >= 11 is 0. The van der Waals surface area contributed by atoms with Gasteiger partial charge in [0.1, 0.15) is 11.6 Å². The zero-order valence-electron chi connectivity index (χ0n) is 32.2. The van der Waals surface area contributed by atoms with Crippen LogP contribution in [0.2, 0.25) is 0 Å². The van der Waals surface area contributed by atoms with Gasteiger partial charge in [-0.3, -0.25) is 9.56 Å². The fraction of sp³-hybridized carbons (Fsp3) is 0.135. The molecule has 1 aromatic heterocycles. The molecule has 57 heavy (non-hydrogen) atoms. The summed E-state index contributed by atoms with van der Waals surface area (Å²) in [5.74, 6) is 1.78. The molecule has 0 saturated heterocycles. The van der Waals surface area contributed by atoms with E-state index in [-0.39, 0.29) is 12.0 Å². The molecule has 11 rings (SSSR count). The van der Waals surface area contributed by atoms with Gasteiger partial charge in [0, 0.05) is 51.8 Å². The molecular formula is C52H43N5. The molecule has 2 aliphatic heterocycles. The molecule has 1 spiro atoms. The molecule has 4 aliphatic rings. The van der Waals surface area contributed by atoms with Crippen molar-refractivity contribution in [3.63, 3.8) is 0 Å². The Labute approximate surface area is 333 Å². The summed E-state index contributed by atoms with van der Waals surface area (Å²) < 4.78 is 2.33. The molecule has 0 saturated carbocycles. The lowest BCUT2D eigenvalue weighted by Crippen LogP contribution is -2.37. The van der Waals surface area contributed by atoms with E-state index in [0.717, 1.165) is 52.6 Å². The maximum atomic E-state index is 7.29. The fourth-order valence-electron chi connectivity index (χ4n) is 10.6. The Morgan fingerprint density at radius 3 is 1.91 bits per heavy atom. The van der Waals surface area contributed by atoms with E-state index in [0.29, 0.717) is 0 Å². The van der Waals surface area contributed by atoms with Crippen LogP contribution in [0.4, 0.5) is 11.5 Å². The highest BCUT2D eigenvalue weighted by molar-refractivity contribution is 6.08. The summed E-state index contributed by atoms with van der Waals surface area (Å²) in [6, 6.07) is 49.4. The number of hydrogen-bond acceptors (Lipinski definition) is 4. The van der Waals surface area contributed by atoms with Gasteiger partial charge in [-0.15, -0.1) is 0 Å². The average molecular weight is 738 g/mol. The van der Waals surface area contributed by atoms with Gasteiger partial charge in [-0.25, -0.2) is 0 Å². The molecule has 0 radical (unpaired) electrons. The number of nitrogen functional groups attached to an aromatic ring is 1. The van der Waals surface area contributed by atoms with Crippen LogP contribution in [0.25, 0.3) is 50.0 Å². The highest BCUT2D eigenvalue weighted by Crippen LogP contribution is 2.64. The third kappa shape index (κ3) is 4.48. The van der Waals surface area contributed by atoms with Gasteiger partial charge in [0.05, 0.1) is 17.0 Å². The van der Waals surface area contributed by atoms with Crippen molar-refractivity contribution >= 4 is 28.6 Å². The Bertz CT molecular complexity index is 2860. The minimum Gasteiger partial charge on any atom is -0.385 e. The maximum absolute atomic E-state index is 7.29. The minimum atomic E-state index is -0.413. The van der Waals surface area contributed by atoms with Crippen molar-refractivity contribution in [2.45, 2.75) is 38.1 Å². The second kappa shape index (κ2) is 12.6. The first-order valence-electron chi connectivity index (χ1n) is 20.1. The second-order valence-electron chi connectivity index (χ2n) is 15.7. The predicted molar refractivity (Wildman–Crippen MR) is 237 cm³/mol. The smallest absolute Gasteiger partial charge is 0.112 e. The Morgan fingerprint density at radius 2 is 1.28 bits per heavy atom. The normalized spacial score (nSPS) is 18.1. The predicted octanol–water partition coefficient (Wildman–Crippen LogP) is 11.3. The number of allylic oxidation sites excluding steroid dienone is 2. The van der Waals surface area contributed by atoms with Gasteiger partial charge in [-0.2, -0.15) is 0 Å². The number of rotatable bonds is 6. The highest BCUT2D eigenvalue weighted by Gasteiger charge is 2.52. The van der Waals surface area contributed by atoms with E-state index in [1.54, 1.807) is 0 Å². The molecule has 5 heteroatoms. The third-order valence-corrected chi connectivity index (χ3v) is 12.9. The van der Waals surface area contributed by atoms with Gasteiger partial charge in [0.25, 0.3) is 0 Å². The number of benzene rings is 6. The number of anilines is 2. The van der Waals surface area contributed by atoms with Crippen LogP contribution in [-0.4, -0.2) is 16.8 Å². The van der Waals surface area contributed by atoms with Crippen molar-refractivity contribution in [1.82, 2.24) is 4.57 Å². The summed E-state index contributed by atoms with van der Waals surface area (Å²) in [5.41, 5.74) is 32.1. The molecule has 276 valence electrons. The van der Waals surface area contributed by atoms with Gasteiger partial charge in [0.15, 0.2) is 0 Å². The average Bonchev–Trinajstić information content (AvgIpc) is 3.92. The fourth-order valence-corrected chi connectivity index (χ4v) is 10.6. The molecule has 0 amide bonds. The molecule has 3 heterocycles. The third-order valence-electron chi connectivity index (χ3n) is 12.9. The van der Waals surface area contributed by atoms with Gasteiger partial charge < -0.3 is 16.4 Å². The quantitative estimate of drug-likeness (QED) is 0.178. The number of fused-ring (bicyclic) bond motifs is 13. The van der Waals surface area contributed by atoms with Crippen molar-refractivity contribution in [2.24, 2.45) is 16.6 Å². The monoisotopic (exact) mass is 737 g/mol. The van der Waals surface area contributed by atoms with Crippen LogP contribution >= 0.6 is 0 Å². The first kappa shape index (κ1) is 33.5. The summed E-state index contributed by atoms with van der Waals surface area (Å²) in [6.45, 7) is 4.27. The number of aromatic nitrogens is 1. The first-order chi connectivity index (χ1) is 28.1. The van der Waals surface area contributed by atoms with E-state index in [2.05, 4.69) is 173 Å².